The van der Waals surface area contributed by atoms with Gasteiger partial charge in [0.05, 0.1) is 12.1 Å². The minimum absolute atomic E-state index is 0.0531. The monoisotopic (exact) mass is 237 g/mol. The third-order valence-corrected chi connectivity index (χ3v) is 2.16. The Morgan fingerprint density at radius 1 is 1.24 bits per heavy atom. The van der Waals surface area contributed by atoms with Gasteiger partial charge in [-0.1, -0.05) is 0 Å². The number of nitrogen functional groups attached to an aromatic ring is 1. The summed E-state index contributed by atoms with van der Waals surface area (Å²) < 4.78 is 0. The number of nitrogens with two attached hydrogens (primary N) is 1. The summed E-state index contributed by atoms with van der Waals surface area (Å²) in [6.45, 7) is 1.25. The molecule has 0 aliphatic carbocycles. The Bertz CT molecular complexity index is 507. The van der Waals surface area contributed by atoms with E-state index in [0.717, 1.165) is 6.07 Å². The predicted molar refractivity (Wildman–Crippen MR) is 59.1 cm³/mol. The Morgan fingerprint density at radius 2 is 1.76 bits per heavy atom. The zero-order valence-corrected chi connectivity index (χ0v) is 9.06. The van der Waals surface area contributed by atoms with Gasteiger partial charge in [-0.25, -0.2) is 4.79 Å². The maximum atomic E-state index is 11.5. The minimum atomic E-state index is -1.35. The minimum Gasteiger partial charge on any atom is -0.505 e. The van der Waals surface area contributed by atoms with E-state index in [2.05, 4.69) is 0 Å². The number of Topliss-reactive ketones (excluding diaryl/α,β-unsaturated/α-hetero) is 2. The third kappa shape index (κ3) is 2.60. The van der Waals surface area contributed by atoms with Crippen LogP contribution in [0.15, 0.2) is 12.1 Å². The number of benzene rings is 1. The van der Waals surface area contributed by atoms with Crippen LogP contribution in [-0.4, -0.2) is 27.7 Å². The molecule has 1 aromatic rings. The molecule has 1 aromatic carbocycles. The molecule has 1 rings (SSSR count). The number of ketones is 2. The number of anilines is 1. The second kappa shape index (κ2) is 4.65. The summed E-state index contributed by atoms with van der Waals surface area (Å²) in [4.78, 5) is 33.0. The van der Waals surface area contributed by atoms with Crippen LogP contribution in [0.3, 0.4) is 0 Å². The quantitative estimate of drug-likeness (QED) is 0.309. The van der Waals surface area contributed by atoms with E-state index in [1.54, 1.807) is 0 Å². The molecule has 0 fully saturated rings. The van der Waals surface area contributed by atoms with Gasteiger partial charge < -0.3 is 15.9 Å². The summed E-state index contributed by atoms with van der Waals surface area (Å²) in [5.74, 6) is -2.90. The van der Waals surface area contributed by atoms with E-state index in [1.807, 2.05) is 0 Å². The highest BCUT2D eigenvalue weighted by molar-refractivity contribution is 6.11. The lowest BCUT2D eigenvalue weighted by Crippen LogP contribution is -2.09. The Balaban J connectivity index is 3.21. The summed E-state index contributed by atoms with van der Waals surface area (Å²) in [7, 11) is 0. The van der Waals surface area contributed by atoms with Gasteiger partial charge in [-0.3, -0.25) is 9.59 Å². The molecule has 0 bridgehead atoms. The smallest absolute Gasteiger partial charge is 0.339 e. The molecule has 6 heteroatoms. The molecule has 0 saturated heterocycles. The van der Waals surface area contributed by atoms with Gasteiger partial charge in [0, 0.05) is 5.56 Å². The average molecular weight is 237 g/mol. The first-order chi connectivity index (χ1) is 7.84. The zero-order chi connectivity index (χ0) is 13.2. The molecule has 0 atom stereocenters. The van der Waals surface area contributed by atoms with Crippen LogP contribution in [0, 0.1) is 0 Å². The summed E-state index contributed by atoms with van der Waals surface area (Å²) in [5.41, 5.74) is 4.69. The van der Waals surface area contributed by atoms with Crippen LogP contribution in [0.2, 0.25) is 0 Å². The number of carboxylic acids is 1. The topological polar surface area (TPSA) is 118 Å². The Labute approximate surface area is 96.7 Å². The molecule has 4 N–H and O–H groups in total. The summed E-state index contributed by atoms with van der Waals surface area (Å²) in [6, 6.07) is 2.26. The lowest BCUT2D eigenvalue weighted by Gasteiger charge is -2.08. The number of hydrogen-bond acceptors (Lipinski definition) is 5. The van der Waals surface area contributed by atoms with Gasteiger partial charge in [0.2, 0.25) is 0 Å². The predicted octanol–water partition coefficient (Wildman–Crippen LogP) is 0.834. The van der Waals surface area contributed by atoms with Gasteiger partial charge in [-0.05, 0) is 19.1 Å². The average Bonchev–Trinajstić information content (AvgIpc) is 2.20. The van der Waals surface area contributed by atoms with Crippen molar-refractivity contribution in [3.63, 3.8) is 0 Å². The maximum absolute atomic E-state index is 11.5. The number of rotatable bonds is 4. The second-order valence-corrected chi connectivity index (χ2v) is 3.53. The van der Waals surface area contributed by atoms with Crippen molar-refractivity contribution in [1.29, 1.82) is 0 Å². The fraction of sp³-hybridized carbons (Fsp3) is 0.182. The highest BCUT2D eigenvalue weighted by Gasteiger charge is 2.19. The lowest BCUT2D eigenvalue weighted by atomic mass is 10.0. The van der Waals surface area contributed by atoms with Crippen molar-refractivity contribution in [2.45, 2.75) is 13.3 Å². The first kappa shape index (κ1) is 12.7. The van der Waals surface area contributed by atoms with Gasteiger partial charge in [-0.2, -0.15) is 0 Å². The highest BCUT2D eigenvalue weighted by atomic mass is 16.4. The number of carbonyl (C=O) groups is 3. The fourth-order valence-corrected chi connectivity index (χ4v) is 1.35. The maximum Gasteiger partial charge on any atom is 0.339 e. The molecule has 0 unspecified atom stereocenters. The van der Waals surface area contributed by atoms with Gasteiger partial charge in [-0.15, -0.1) is 0 Å². The van der Waals surface area contributed by atoms with Gasteiger partial charge in [0.1, 0.15) is 11.3 Å². The number of carbonyl (C=O) groups excluding carboxylic acids is 2. The molecule has 6 nitrogen and oxygen atoms in total. The molecular weight excluding hydrogens is 226 g/mol. The van der Waals surface area contributed by atoms with Crippen LogP contribution >= 0.6 is 0 Å². The Hall–Kier alpha value is -2.37. The van der Waals surface area contributed by atoms with E-state index in [9.17, 15) is 19.5 Å². The Morgan fingerprint density at radius 3 is 2.24 bits per heavy atom. The second-order valence-electron chi connectivity index (χ2n) is 3.53. The van der Waals surface area contributed by atoms with Gasteiger partial charge in [0.15, 0.2) is 11.5 Å². The summed E-state index contributed by atoms with van der Waals surface area (Å²) in [6.07, 6.45) is -0.337. The normalized spacial score (nSPS) is 9.94. The molecule has 0 heterocycles. The van der Waals surface area contributed by atoms with E-state index in [1.165, 1.54) is 13.0 Å². The number of phenols is 1. The van der Waals surface area contributed by atoms with E-state index < -0.39 is 17.5 Å². The summed E-state index contributed by atoms with van der Waals surface area (Å²) >= 11 is 0. The number of aromatic carboxylic acids is 1. The molecule has 0 aromatic heterocycles. The van der Waals surface area contributed by atoms with Crippen molar-refractivity contribution in [2.75, 3.05) is 5.73 Å². The molecule has 0 aliphatic rings. The van der Waals surface area contributed by atoms with Crippen molar-refractivity contribution in [3.8, 4) is 5.75 Å². The molecular formula is C11H11NO5. The van der Waals surface area contributed by atoms with E-state index in [4.69, 9.17) is 10.8 Å². The summed E-state index contributed by atoms with van der Waals surface area (Å²) in [5, 5.41) is 18.2. The van der Waals surface area contributed by atoms with Crippen molar-refractivity contribution in [2.24, 2.45) is 0 Å². The first-order valence-corrected chi connectivity index (χ1v) is 4.72. The van der Waals surface area contributed by atoms with Crippen molar-refractivity contribution < 1.29 is 24.6 Å². The zero-order valence-electron chi connectivity index (χ0n) is 9.06. The lowest BCUT2D eigenvalue weighted by molar-refractivity contribution is -0.116. The van der Waals surface area contributed by atoms with E-state index in [0.29, 0.717) is 0 Å². The molecule has 0 saturated carbocycles. The van der Waals surface area contributed by atoms with Gasteiger partial charge in [0.25, 0.3) is 0 Å². The van der Waals surface area contributed by atoms with E-state index >= 15 is 0 Å². The number of carboxylic acid groups (broad SMARTS) is 1. The van der Waals surface area contributed by atoms with Crippen molar-refractivity contribution in [3.05, 3.63) is 23.3 Å². The van der Waals surface area contributed by atoms with Crippen LogP contribution in [0.4, 0.5) is 5.69 Å². The molecule has 0 aliphatic heterocycles. The molecule has 0 spiro atoms. The number of aromatic hydroxyl groups is 1. The van der Waals surface area contributed by atoms with Gasteiger partial charge >= 0.3 is 5.97 Å². The van der Waals surface area contributed by atoms with Crippen LogP contribution < -0.4 is 5.73 Å². The first-order valence-electron chi connectivity index (χ1n) is 4.72. The highest BCUT2D eigenvalue weighted by Crippen LogP contribution is 2.29. The van der Waals surface area contributed by atoms with Crippen molar-refractivity contribution >= 4 is 23.2 Å². The van der Waals surface area contributed by atoms with Crippen LogP contribution in [0.1, 0.15) is 34.1 Å². The SMILES string of the molecule is CC(=O)CC(=O)c1ccc(C(=O)O)c(O)c1N. The third-order valence-electron chi connectivity index (χ3n) is 2.16. The largest absolute Gasteiger partial charge is 0.505 e. The number of hydrogen-bond donors (Lipinski definition) is 3. The molecule has 0 radical (unpaired) electrons. The standard InChI is InChI=1S/C11H11NO5/c1-5(13)4-8(14)6-2-3-7(11(16)17)10(15)9(6)12/h2-3,15H,4,12H2,1H3,(H,16,17). The molecule has 90 valence electrons. The van der Waals surface area contributed by atoms with E-state index in [-0.39, 0.29) is 29.0 Å². The van der Waals surface area contributed by atoms with Crippen LogP contribution in [0.5, 0.6) is 5.75 Å². The Kier molecular flexibility index (Phi) is 3.47. The van der Waals surface area contributed by atoms with Crippen LogP contribution in [0.25, 0.3) is 0 Å². The molecule has 17 heavy (non-hydrogen) atoms. The fourth-order valence-electron chi connectivity index (χ4n) is 1.35. The van der Waals surface area contributed by atoms with Crippen LogP contribution in [-0.2, 0) is 4.79 Å². The van der Waals surface area contributed by atoms with Crippen molar-refractivity contribution in [1.82, 2.24) is 0 Å². The molecule has 0 amide bonds.